The zero-order valence-electron chi connectivity index (χ0n) is 9.47. The van der Waals surface area contributed by atoms with Crippen LogP contribution in [0, 0.1) is 0 Å². The summed E-state index contributed by atoms with van der Waals surface area (Å²) < 4.78 is 4.69. The smallest absolute Gasteiger partial charge is 0.322 e. The lowest BCUT2D eigenvalue weighted by Crippen LogP contribution is -2.35. The van der Waals surface area contributed by atoms with E-state index in [2.05, 4.69) is 15.0 Å². The number of hydrogen-bond acceptors (Lipinski definition) is 5. The Kier molecular flexibility index (Phi) is 5.88. The Morgan fingerprint density at radius 1 is 1.56 bits per heavy atom. The molecule has 0 saturated heterocycles. The maximum absolute atomic E-state index is 11.3. The minimum absolute atomic E-state index is 0.210. The minimum atomic E-state index is -0.223. The summed E-state index contributed by atoms with van der Waals surface area (Å²) in [5.74, 6) is 0.655. The molecular formula is C11H16N2O2S. The van der Waals surface area contributed by atoms with Gasteiger partial charge in [-0.1, -0.05) is 0 Å². The molecule has 1 aromatic heterocycles. The van der Waals surface area contributed by atoms with Crippen LogP contribution in [0.4, 0.5) is 0 Å². The van der Waals surface area contributed by atoms with Crippen LogP contribution in [-0.4, -0.2) is 36.9 Å². The first kappa shape index (κ1) is 13.0. The van der Waals surface area contributed by atoms with E-state index in [0.29, 0.717) is 0 Å². The van der Waals surface area contributed by atoms with Crippen molar-refractivity contribution in [1.82, 2.24) is 10.3 Å². The largest absolute Gasteiger partial charge is 0.468 e. The third-order valence-electron chi connectivity index (χ3n) is 2.16. The highest BCUT2D eigenvalue weighted by atomic mass is 32.2. The fourth-order valence-electron chi connectivity index (χ4n) is 1.25. The molecule has 16 heavy (non-hydrogen) atoms. The number of nitrogens with zero attached hydrogens (tertiary/aromatic N) is 1. The number of likely N-dealkylation sites (N-methyl/N-ethyl adjacent to an activating group) is 1. The molecule has 1 aromatic rings. The van der Waals surface area contributed by atoms with Gasteiger partial charge in [-0.2, -0.15) is 0 Å². The number of thioether (sulfide) groups is 1. The lowest BCUT2D eigenvalue weighted by molar-refractivity contribution is -0.143. The van der Waals surface area contributed by atoms with E-state index in [4.69, 9.17) is 0 Å². The van der Waals surface area contributed by atoms with Crippen LogP contribution < -0.4 is 5.32 Å². The minimum Gasteiger partial charge on any atom is -0.468 e. The average Bonchev–Trinajstić information content (AvgIpc) is 2.35. The van der Waals surface area contributed by atoms with Crippen LogP contribution in [0.15, 0.2) is 29.4 Å². The fraction of sp³-hybridized carbons (Fsp3) is 0.455. The van der Waals surface area contributed by atoms with Gasteiger partial charge in [0, 0.05) is 23.0 Å². The molecule has 0 fully saturated rings. The molecule has 0 amide bonds. The second-order valence-electron chi connectivity index (χ2n) is 3.18. The second-order valence-corrected chi connectivity index (χ2v) is 4.35. The van der Waals surface area contributed by atoms with Crippen molar-refractivity contribution in [3.05, 3.63) is 24.5 Å². The molecule has 0 radical (unpaired) electrons. The van der Waals surface area contributed by atoms with E-state index in [1.165, 1.54) is 7.11 Å². The molecular weight excluding hydrogens is 224 g/mol. The molecule has 1 heterocycles. The molecule has 0 saturated carbocycles. The fourth-order valence-corrected chi connectivity index (χ4v) is 2.15. The van der Waals surface area contributed by atoms with Gasteiger partial charge >= 0.3 is 5.97 Å². The van der Waals surface area contributed by atoms with Gasteiger partial charge in [-0.25, -0.2) is 0 Å². The van der Waals surface area contributed by atoms with Crippen LogP contribution in [0.5, 0.6) is 0 Å². The number of nitrogens with one attached hydrogen (secondary N) is 1. The third kappa shape index (κ3) is 4.20. The van der Waals surface area contributed by atoms with Crippen LogP contribution in [0.3, 0.4) is 0 Å². The number of pyridine rings is 1. The molecule has 0 aromatic carbocycles. The lowest BCUT2D eigenvalue weighted by atomic mass is 10.2. The average molecular weight is 240 g/mol. The Bertz CT molecular complexity index is 319. The molecule has 1 rings (SSSR count). The molecule has 4 nitrogen and oxygen atoms in total. The van der Waals surface area contributed by atoms with Crippen molar-refractivity contribution >= 4 is 17.7 Å². The maximum atomic E-state index is 11.3. The van der Waals surface area contributed by atoms with Gasteiger partial charge in [-0.05, 0) is 25.6 Å². The zero-order chi connectivity index (χ0) is 11.8. The first-order valence-corrected chi connectivity index (χ1v) is 6.04. The molecule has 0 aliphatic carbocycles. The van der Waals surface area contributed by atoms with Crippen molar-refractivity contribution in [2.45, 2.75) is 17.4 Å². The Labute approximate surface area is 99.8 Å². The number of rotatable bonds is 6. The number of carbonyl (C=O) groups is 1. The Balaban J connectivity index is 2.31. The highest BCUT2D eigenvalue weighted by Gasteiger charge is 2.15. The number of methoxy groups -OCH3 is 1. The molecule has 0 bridgehead atoms. The number of hydrogen-bond donors (Lipinski definition) is 1. The summed E-state index contributed by atoms with van der Waals surface area (Å²) in [6, 6.07) is 3.69. The van der Waals surface area contributed by atoms with Crippen molar-refractivity contribution in [2.24, 2.45) is 0 Å². The summed E-state index contributed by atoms with van der Waals surface area (Å²) in [5, 5.41) is 2.94. The van der Waals surface area contributed by atoms with Crippen LogP contribution in [0.2, 0.25) is 0 Å². The summed E-state index contributed by atoms with van der Waals surface area (Å²) in [7, 11) is 3.17. The molecule has 0 spiro atoms. The maximum Gasteiger partial charge on any atom is 0.322 e. The molecule has 0 aliphatic rings. The summed E-state index contributed by atoms with van der Waals surface area (Å²) in [6.07, 6.45) is 4.27. The summed E-state index contributed by atoms with van der Waals surface area (Å²) in [6.45, 7) is 0. The van der Waals surface area contributed by atoms with E-state index >= 15 is 0 Å². The van der Waals surface area contributed by atoms with Gasteiger partial charge in [0.25, 0.3) is 0 Å². The lowest BCUT2D eigenvalue weighted by Gasteiger charge is -2.12. The van der Waals surface area contributed by atoms with Gasteiger partial charge in [0.2, 0.25) is 0 Å². The Morgan fingerprint density at radius 3 is 2.81 bits per heavy atom. The molecule has 88 valence electrons. The second kappa shape index (κ2) is 7.24. The van der Waals surface area contributed by atoms with Crippen molar-refractivity contribution in [3.8, 4) is 0 Å². The standard InChI is InChI=1S/C11H16N2O2S/c1-12-10(11(14)15-2)5-8-16-9-3-6-13-7-4-9/h3-4,6-7,10,12H,5,8H2,1-2H3. The first-order chi connectivity index (χ1) is 7.77. The van der Waals surface area contributed by atoms with Crippen LogP contribution in [0.1, 0.15) is 6.42 Å². The van der Waals surface area contributed by atoms with Gasteiger partial charge in [-0.15, -0.1) is 11.8 Å². The van der Waals surface area contributed by atoms with Gasteiger partial charge in [-0.3, -0.25) is 9.78 Å². The quantitative estimate of drug-likeness (QED) is 0.600. The summed E-state index contributed by atoms with van der Waals surface area (Å²) in [4.78, 5) is 16.4. The van der Waals surface area contributed by atoms with E-state index in [1.54, 1.807) is 31.2 Å². The number of aromatic nitrogens is 1. The predicted molar refractivity (Wildman–Crippen MR) is 64.4 cm³/mol. The SMILES string of the molecule is CNC(CCSc1ccncc1)C(=O)OC. The normalized spacial score (nSPS) is 12.1. The van der Waals surface area contributed by atoms with E-state index in [9.17, 15) is 4.79 Å². The third-order valence-corrected chi connectivity index (χ3v) is 3.20. The van der Waals surface area contributed by atoms with Crippen LogP contribution >= 0.6 is 11.8 Å². The highest BCUT2D eigenvalue weighted by molar-refractivity contribution is 7.99. The van der Waals surface area contributed by atoms with Crippen molar-refractivity contribution in [3.63, 3.8) is 0 Å². The topological polar surface area (TPSA) is 51.2 Å². The van der Waals surface area contributed by atoms with Gasteiger partial charge in [0.15, 0.2) is 0 Å². The highest BCUT2D eigenvalue weighted by Crippen LogP contribution is 2.17. The monoisotopic (exact) mass is 240 g/mol. The molecule has 1 atom stereocenters. The summed E-state index contributed by atoms with van der Waals surface area (Å²) >= 11 is 1.70. The Hall–Kier alpha value is -1.07. The molecule has 1 unspecified atom stereocenters. The van der Waals surface area contributed by atoms with Gasteiger partial charge < -0.3 is 10.1 Å². The first-order valence-electron chi connectivity index (χ1n) is 5.06. The molecule has 1 N–H and O–H groups in total. The summed E-state index contributed by atoms with van der Waals surface area (Å²) in [5.41, 5.74) is 0. The molecule has 0 aliphatic heterocycles. The number of carbonyl (C=O) groups excluding carboxylic acids is 1. The van der Waals surface area contributed by atoms with Crippen molar-refractivity contribution in [2.75, 3.05) is 19.9 Å². The number of esters is 1. The van der Waals surface area contributed by atoms with Crippen LogP contribution in [0.25, 0.3) is 0 Å². The van der Waals surface area contributed by atoms with Gasteiger partial charge in [0.05, 0.1) is 7.11 Å². The zero-order valence-corrected chi connectivity index (χ0v) is 10.3. The van der Waals surface area contributed by atoms with Gasteiger partial charge in [0.1, 0.15) is 6.04 Å². The van der Waals surface area contributed by atoms with Crippen molar-refractivity contribution in [1.29, 1.82) is 0 Å². The van der Waals surface area contributed by atoms with E-state index < -0.39 is 0 Å². The van der Waals surface area contributed by atoms with E-state index in [-0.39, 0.29) is 12.0 Å². The Morgan fingerprint density at radius 2 is 2.25 bits per heavy atom. The van der Waals surface area contributed by atoms with E-state index in [0.717, 1.165) is 17.1 Å². The number of ether oxygens (including phenoxy) is 1. The van der Waals surface area contributed by atoms with E-state index in [1.807, 2.05) is 12.1 Å². The molecule has 5 heteroatoms. The van der Waals surface area contributed by atoms with Crippen molar-refractivity contribution < 1.29 is 9.53 Å². The van der Waals surface area contributed by atoms with Crippen LogP contribution in [-0.2, 0) is 9.53 Å². The predicted octanol–water partition coefficient (Wildman–Crippen LogP) is 1.32.